The van der Waals surface area contributed by atoms with E-state index in [-0.39, 0.29) is 12.3 Å². The highest BCUT2D eigenvalue weighted by atomic mass is 16.4. The number of benzene rings is 5. The van der Waals surface area contributed by atoms with E-state index in [2.05, 4.69) is 108 Å². The summed E-state index contributed by atoms with van der Waals surface area (Å²) in [6.45, 7) is 6.02. The van der Waals surface area contributed by atoms with Gasteiger partial charge in [-0.3, -0.25) is 33.6 Å². The monoisotopic (exact) mass is 948 g/mol. The standard InChI is InChI=1S/C37H42N6O8.C8H10.C7H8.2C2H2/c1-22-8-14-27(15-9-22)42-36(50)29-17-16-28(29)35(49)41-23(2)34(48)43-30(18-24-10-12-26(13-11-24)25-6-4-3-5-7-25)37(51)40-20-32(45)38-19-31(44)39-21-33(46)47;1-2-8-6-4-3-5-7-8;1-7-5-3-2-4-6-7;2*1-2/h3-15,23,28-30H,16-21H2,1-2H3,(H,38,45)(H,39,44)(H,40,51)(H,41,49)(H,42,50)(H,43,48)(H,46,47);3-7H,2H2,1H3;2-6H,1H3;2*1-2H/t23?,28-,29+,30+;;;;/m0..../s1. The van der Waals surface area contributed by atoms with E-state index < -0.39 is 79.1 Å². The van der Waals surface area contributed by atoms with E-state index in [1.165, 1.54) is 18.1 Å². The molecule has 0 spiro atoms. The maximum Gasteiger partial charge on any atom is 0.322 e. The van der Waals surface area contributed by atoms with Gasteiger partial charge in [0.15, 0.2) is 0 Å². The molecule has 14 heteroatoms. The van der Waals surface area contributed by atoms with Crippen molar-refractivity contribution in [1.29, 1.82) is 0 Å². The molecule has 4 atom stereocenters. The van der Waals surface area contributed by atoms with Crippen LogP contribution in [-0.4, -0.2) is 78.2 Å². The Morgan fingerprint density at radius 1 is 0.543 bits per heavy atom. The highest BCUT2D eigenvalue weighted by Gasteiger charge is 2.42. The number of rotatable bonds is 17. The van der Waals surface area contributed by atoms with Gasteiger partial charge in [0.05, 0.1) is 13.1 Å². The molecule has 5 aromatic rings. The van der Waals surface area contributed by atoms with E-state index >= 15 is 0 Å². The Hall–Kier alpha value is -8.49. The van der Waals surface area contributed by atoms with Crippen molar-refractivity contribution in [2.45, 2.75) is 65.5 Å². The first kappa shape index (κ1) is 57.6. The summed E-state index contributed by atoms with van der Waals surface area (Å²) < 4.78 is 0. The molecule has 0 radical (unpaired) electrons. The number of hydrogen-bond acceptors (Lipinski definition) is 7. The number of terminal acetylenes is 2. The molecule has 14 nitrogen and oxygen atoms in total. The van der Waals surface area contributed by atoms with Crippen molar-refractivity contribution in [1.82, 2.24) is 26.6 Å². The third-order valence-electron chi connectivity index (χ3n) is 10.7. The molecule has 6 rings (SSSR count). The zero-order valence-corrected chi connectivity index (χ0v) is 40.2. The second kappa shape index (κ2) is 32.3. The van der Waals surface area contributed by atoms with Crippen LogP contribution in [0, 0.1) is 51.4 Å². The zero-order valence-electron chi connectivity index (χ0n) is 40.2. The molecule has 5 aromatic carbocycles. The van der Waals surface area contributed by atoms with Gasteiger partial charge in [-0.15, -0.1) is 25.7 Å². The van der Waals surface area contributed by atoms with Gasteiger partial charge in [0.1, 0.15) is 18.6 Å². The number of carboxylic acid groups (broad SMARTS) is 1. The molecule has 6 amide bonds. The number of hydrogen-bond donors (Lipinski definition) is 7. The molecule has 1 aliphatic carbocycles. The molecule has 366 valence electrons. The largest absolute Gasteiger partial charge is 0.480 e. The first-order valence-corrected chi connectivity index (χ1v) is 22.6. The van der Waals surface area contributed by atoms with Gasteiger partial charge in [-0.1, -0.05) is 145 Å². The van der Waals surface area contributed by atoms with Gasteiger partial charge in [-0.05, 0) is 74.4 Å². The number of amides is 6. The predicted octanol–water partition coefficient (Wildman–Crippen LogP) is 6.03. The fraction of sp³-hybridized carbons (Fsp3) is 0.268. The lowest BCUT2D eigenvalue weighted by Gasteiger charge is -2.35. The van der Waals surface area contributed by atoms with E-state index in [9.17, 15) is 33.6 Å². The van der Waals surface area contributed by atoms with E-state index in [0.717, 1.165) is 23.1 Å². The number of aliphatic carboxylic acids is 1. The van der Waals surface area contributed by atoms with Crippen LogP contribution in [0.5, 0.6) is 0 Å². The zero-order chi connectivity index (χ0) is 51.8. The van der Waals surface area contributed by atoms with Crippen LogP contribution >= 0.6 is 0 Å². The smallest absolute Gasteiger partial charge is 0.322 e. The van der Waals surface area contributed by atoms with Crippen LogP contribution in [-0.2, 0) is 46.4 Å². The molecule has 0 heterocycles. The van der Waals surface area contributed by atoms with Gasteiger partial charge in [-0.2, -0.15) is 0 Å². The van der Waals surface area contributed by atoms with Gasteiger partial charge in [0, 0.05) is 23.9 Å². The molecular formula is C56H64N6O8. The predicted molar refractivity (Wildman–Crippen MR) is 275 cm³/mol. The van der Waals surface area contributed by atoms with Crippen LogP contribution in [0.1, 0.15) is 48.9 Å². The Labute approximate surface area is 411 Å². The summed E-state index contributed by atoms with van der Waals surface area (Å²) in [4.78, 5) is 87.2. The normalized spacial score (nSPS) is 13.5. The van der Waals surface area contributed by atoms with Crippen LogP contribution in [0.4, 0.5) is 5.69 Å². The molecular weight excluding hydrogens is 885 g/mol. The van der Waals surface area contributed by atoms with Crippen molar-refractivity contribution in [2.75, 3.05) is 25.0 Å². The van der Waals surface area contributed by atoms with Crippen molar-refractivity contribution in [3.05, 3.63) is 162 Å². The van der Waals surface area contributed by atoms with Crippen LogP contribution in [0.3, 0.4) is 0 Å². The van der Waals surface area contributed by atoms with Crippen molar-refractivity contribution in [2.24, 2.45) is 11.8 Å². The molecule has 7 N–H and O–H groups in total. The Morgan fingerprint density at radius 3 is 1.50 bits per heavy atom. The summed E-state index contributed by atoms with van der Waals surface area (Å²) >= 11 is 0. The molecule has 1 aliphatic rings. The van der Waals surface area contributed by atoms with Gasteiger partial charge >= 0.3 is 5.97 Å². The lowest BCUT2D eigenvalue weighted by Crippen LogP contribution is -2.56. The summed E-state index contributed by atoms with van der Waals surface area (Å²) in [5.74, 6) is -5.91. The third-order valence-corrected chi connectivity index (χ3v) is 10.7. The van der Waals surface area contributed by atoms with E-state index in [4.69, 9.17) is 5.11 Å². The maximum atomic E-state index is 13.3. The second-order valence-corrected chi connectivity index (χ2v) is 15.9. The molecule has 0 bridgehead atoms. The highest BCUT2D eigenvalue weighted by Crippen LogP contribution is 2.35. The molecule has 1 unspecified atom stereocenters. The Morgan fingerprint density at radius 2 is 1.01 bits per heavy atom. The first-order chi connectivity index (χ1) is 33.7. The molecule has 0 aromatic heterocycles. The van der Waals surface area contributed by atoms with Crippen LogP contribution < -0.4 is 31.9 Å². The average molecular weight is 949 g/mol. The SMILES string of the molecule is C#C.C#C.CCc1ccccc1.Cc1ccc(NC(=O)[C@@H]2CC[C@@H]2C(=O)NC(C)C(=O)N[C@H](Cc2ccc(-c3ccccc3)cc2)C(=O)NCC(=O)NCC(=O)NCC(=O)O)cc1.Cc1ccccc1. The summed E-state index contributed by atoms with van der Waals surface area (Å²) in [5, 5.41) is 23.7. The minimum Gasteiger partial charge on any atom is -0.480 e. The summed E-state index contributed by atoms with van der Waals surface area (Å²) in [6.07, 6.45) is 18.2. The number of carbonyl (C=O) groups is 7. The second-order valence-electron chi connectivity index (χ2n) is 15.9. The van der Waals surface area contributed by atoms with Crippen LogP contribution in [0.2, 0.25) is 0 Å². The Bertz CT molecular complexity index is 2440. The molecule has 70 heavy (non-hydrogen) atoms. The highest BCUT2D eigenvalue weighted by molar-refractivity contribution is 5.98. The van der Waals surface area contributed by atoms with Crippen molar-refractivity contribution >= 4 is 47.1 Å². The number of carboxylic acids is 1. The first-order valence-electron chi connectivity index (χ1n) is 22.6. The lowest BCUT2D eigenvalue weighted by molar-refractivity contribution is -0.139. The average Bonchev–Trinajstić information content (AvgIpc) is 3.37. The third kappa shape index (κ3) is 21.4. The molecule has 1 fully saturated rings. The van der Waals surface area contributed by atoms with Crippen LogP contribution in [0.25, 0.3) is 11.1 Å². The minimum atomic E-state index is -1.24. The number of nitrogens with one attached hydrogen (secondary N) is 6. The quantitative estimate of drug-likeness (QED) is 0.0546. The maximum absolute atomic E-state index is 13.3. The van der Waals surface area contributed by atoms with Gasteiger partial charge in [0.25, 0.3) is 0 Å². The van der Waals surface area contributed by atoms with Gasteiger partial charge in [-0.25, -0.2) is 0 Å². The van der Waals surface area contributed by atoms with Crippen molar-refractivity contribution in [3.63, 3.8) is 0 Å². The number of aryl methyl sites for hydroxylation is 3. The van der Waals surface area contributed by atoms with E-state index in [1.54, 1.807) is 12.1 Å². The van der Waals surface area contributed by atoms with E-state index in [0.29, 0.717) is 24.1 Å². The van der Waals surface area contributed by atoms with Crippen molar-refractivity contribution < 1.29 is 38.7 Å². The summed E-state index contributed by atoms with van der Waals surface area (Å²) in [7, 11) is 0. The van der Waals surface area contributed by atoms with E-state index in [1.807, 2.05) is 97.9 Å². The Kier molecular flexibility index (Phi) is 26.6. The van der Waals surface area contributed by atoms with Gasteiger partial charge < -0.3 is 37.0 Å². The number of anilines is 1. The number of carbonyl (C=O) groups excluding carboxylic acids is 6. The lowest BCUT2D eigenvalue weighted by atomic mass is 9.72. The van der Waals surface area contributed by atoms with Crippen LogP contribution in [0.15, 0.2) is 140 Å². The Balaban J connectivity index is 0.000000736. The molecule has 0 aliphatic heterocycles. The van der Waals surface area contributed by atoms with Crippen molar-refractivity contribution in [3.8, 4) is 36.8 Å². The fourth-order valence-corrected chi connectivity index (χ4v) is 6.61. The summed E-state index contributed by atoms with van der Waals surface area (Å²) in [6, 6.07) is 42.9. The van der Waals surface area contributed by atoms with Gasteiger partial charge in [0.2, 0.25) is 35.4 Å². The minimum absolute atomic E-state index is 0.0520. The topological polar surface area (TPSA) is 212 Å². The summed E-state index contributed by atoms with van der Waals surface area (Å²) in [5.41, 5.74) is 7.07. The fourth-order valence-electron chi connectivity index (χ4n) is 6.61. The molecule has 0 saturated heterocycles. The molecule has 1 saturated carbocycles.